The fourth-order valence-corrected chi connectivity index (χ4v) is 4.56. The van der Waals surface area contributed by atoms with Crippen LogP contribution in [0, 0.1) is 11.7 Å². The van der Waals surface area contributed by atoms with Crippen LogP contribution in [0.25, 0.3) is 11.0 Å². The Bertz CT molecular complexity index is 894. The van der Waals surface area contributed by atoms with Crippen LogP contribution in [-0.2, 0) is 0 Å². The van der Waals surface area contributed by atoms with E-state index in [1.807, 2.05) is 12.3 Å². The maximum Gasteiger partial charge on any atom is 0.142 e. The monoisotopic (exact) mass is 376 g/mol. The van der Waals surface area contributed by atoms with Crippen LogP contribution in [-0.4, -0.2) is 33.8 Å². The summed E-state index contributed by atoms with van der Waals surface area (Å²) in [5.74, 6) is 2.30. The Morgan fingerprint density at radius 1 is 1.32 bits per heavy atom. The Balaban J connectivity index is 1.34. The summed E-state index contributed by atoms with van der Waals surface area (Å²) in [7, 11) is 2.10. The van der Waals surface area contributed by atoms with Crippen LogP contribution in [0.15, 0.2) is 41.7 Å². The molecule has 0 spiro atoms. The van der Waals surface area contributed by atoms with E-state index in [-0.39, 0.29) is 10.8 Å². The van der Waals surface area contributed by atoms with Crippen molar-refractivity contribution in [2.24, 2.45) is 5.92 Å². The maximum absolute atomic E-state index is 13.2. The lowest BCUT2D eigenvalue weighted by Crippen LogP contribution is -2.43. The van der Waals surface area contributed by atoms with Gasteiger partial charge in [0.2, 0.25) is 0 Å². The van der Waals surface area contributed by atoms with Crippen molar-refractivity contribution in [3.63, 3.8) is 0 Å². The smallest absolute Gasteiger partial charge is 0.142 e. The van der Waals surface area contributed by atoms with E-state index in [0.29, 0.717) is 12.0 Å². The number of halogens is 2. The minimum atomic E-state index is -0.364. The van der Waals surface area contributed by atoms with Crippen LogP contribution in [0.2, 0.25) is 5.02 Å². The van der Waals surface area contributed by atoms with Crippen molar-refractivity contribution in [1.29, 1.82) is 0 Å². The van der Waals surface area contributed by atoms with E-state index in [9.17, 15) is 4.39 Å². The molecule has 0 radical (unpaired) electrons. The summed E-state index contributed by atoms with van der Waals surface area (Å²) in [5.41, 5.74) is 0.872. The number of aromatic amines is 1. The first-order valence-electron chi connectivity index (χ1n) is 8.20. The number of benzene rings is 1. The van der Waals surface area contributed by atoms with Crippen LogP contribution >= 0.6 is 23.4 Å². The highest BCUT2D eigenvalue weighted by atomic mass is 35.5. The number of fused-ring (bicyclic) bond motifs is 1. The van der Waals surface area contributed by atoms with Gasteiger partial charge in [-0.2, -0.15) is 0 Å². The number of anilines is 1. The van der Waals surface area contributed by atoms with Gasteiger partial charge in [-0.3, -0.25) is 0 Å². The van der Waals surface area contributed by atoms with Gasteiger partial charge in [0.25, 0.3) is 0 Å². The highest BCUT2D eigenvalue weighted by Gasteiger charge is 2.33. The maximum atomic E-state index is 13.2. The van der Waals surface area contributed by atoms with Crippen molar-refractivity contribution in [2.75, 3.05) is 17.7 Å². The molecule has 1 saturated carbocycles. The molecule has 2 aromatic heterocycles. The van der Waals surface area contributed by atoms with Crippen LogP contribution < -0.4 is 4.90 Å². The first kappa shape index (κ1) is 16.7. The van der Waals surface area contributed by atoms with Gasteiger partial charge in [-0.1, -0.05) is 11.6 Å². The Labute approximate surface area is 154 Å². The lowest BCUT2D eigenvalue weighted by Gasteiger charge is -2.41. The van der Waals surface area contributed by atoms with Gasteiger partial charge in [0, 0.05) is 29.9 Å². The second-order valence-corrected chi connectivity index (χ2v) is 7.93. The molecule has 0 bridgehead atoms. The van der Waals surface area contributed by atoms with Crippen LogP contribution in [0.3, 0.4) is 0 Å². The number of nitrogens with one attached hydrogen (secondary N) is 1. The molecule has 1 aromatic carbocycles. The van der Waals surface area contributed by atoms with E-state index in [4.69, 9.17) is 11.6 Å². The third kappa shape index (κ3) is 3.33. The van der Waals surface area contributed by atoms with E-state index >= 15 is 0 Å². The molecule has 2 heterocycles. The molecular formula is C18H18ClFN4S. The summed E-state index contributed by atoms with van der Waals surface area (Å²) in [4.78, 5) is 15.1. The van der Waals surface area contributed by atoms with Gasteiger partial charge in [0.1, 0.15) is 23.6 Å². The highest BCUT2D eigenvalue weighted by Crippen LogP contribution is 2.38. The normalized spacial score (nSPS) is 19.8. The van der Waals surface area contributed by atoms with Crippen LogP contribution in [0.5, 0.6) is 0 Å². The van der Waals surface area contributed by atoms with Gasteiger partial charge in [-0.05, 0) is 43.0 Å². The van der Waals surface area contributed by atoms with Crippen LogP contribution in [0.4, 0.5) is 10.2 Å². The molecule has 0 saturated heterocycles. The molecule has 1 aliphatic rings. The summed E-state index contributed by atoms with van der Waals surface area (Å²) in [6.45, 7) is 0. The number of hydrogen-bond acceptors (Lipinski definition) is 4. The molecule has 25 heavy (non-hydrogen) atoms. The summed E-state index contributed by atoms with van der Waals surface area (Å²) in [6, 6.07) is 7.44. The molecule has 1 fully saturated rings. The number of thioether (sulfide) groups is 1. The second-order valence-electron chi connectivity index (χ2n) is 6.43. The largest absolute Gasteiger partial charge is 0.356 e. The molecule has 1 aliphatic carbocycles. The minimum absolute atomic E-state index is 0.190. The molecule has 1 N–H and O–H groups in total. The molecule has 0 amide bonds. The standard InChI is InChI=1S/C18H18ClFN4S/c1-24(18-14-4-5-21-17(14)22-10-23-18)12-6-11(7-12)9-25-13-2-3-16(20)15(19)8-13/h2-5,8,10-12H,6-7,9H2,1H3,(H,21,22,23)/t11-,12+. The van der Waals surface area contributed by atoms with Gasteiger partial charge < -0.3 is 9.88 Å². The molecule has 0 atom stereocenters. The van der Waals surface area contributed by atoms with E-state index in [0.717, 1.165) is 40.3 Å². The average molecular weight is 377 g/mol. The Hall–Kier alpha value is -1.79. The lowest BCUT2D eigenvalue weighted by molar-refractivity contribution is 0.286. The number of aromatic nitrogens is 3. The molecule has 7 heteroatoms. The van der Waals surface area contributed by atoms with Crippen molar-refractivity contribution in [3.05, 3.63) is 47.6 Å². The Morgan fingerprint density at radius 3 is 2.96 bits per heavy atom. The number of H-pyrrole nitrogens is 1. The molecule has 4 rings (SSSR count). The number of nitrogens with zero attached hydrogens (tertiary/aromatic N) is 3. The zero-order chi connectivity index (χ0) is 17.4. The topological polar surface area (TPSA) is 44.8 Å². The van der Waals surface area contributed by atoms with Gasteiger partial charge in [-0.25, -0.2) is 14.4 Å². The van der Waals surface area contributed by atoms with Crippen molar-refractivity contribution in [2.45, 2.75) is 23.8 Å². The third-order valence-corrected chi connectivity index (χ3v) is 6.32. The first-order chi connectivity index (χ1) is 12.1. The van der Waals surface area contributed by atoms with Gasteiger partial charge in [0.15, 0.2) is 0 Å². The van der Waals surface area contributed by atoms with Gasteiger partial charge >= 0.3 is 0 Å². The Morgan fingerprint density at radius 2 is 2.16 bits per heavy atom. The fourth-order valence-electron chi connectivity index (χ4n) is 3.25. The SMILES string of the molecule is CN(c1ncnc2[nH]ccc12)[C@H]1C[C@@H](CSc2ccc(F)c(Cl)c2)C1. The minimum Gasteiger partial charge on any atom is -0.356 e. The zero-order valence-corrected chi connectivity index (χ0v) is 15.3. The highest BCUT2D eigenvalue weighted by molar-refractivity contribution is 7.99. The predicted octanol–water partition coefficient (Wildman–Crippen LogP) is 4.76. The Kier molecular flexibility index (Phi) is 4.56. The van der Waals surface area contributed by atoms with Crippen molar-refractivity contribution < 1.29 is 4.39 Å². The summed E-state index contributed by atoms with van der Waals surface area (Å²) in [6.07, 6.45) is 5.77. The van der Waals surface area contributed by atoms with E-state index in [1.165, 1.54) is 6.07 Å². The van der Waals surface area contributed by atoms with Crippen molar-refractivity contribution >= 4 is 40.2 Å². The lowest BCUT2D eigenvalue weighted by atomic mass is 9.81. The number of rotatable bonds is 5. The molecule has 0 unspecified atom stereocenters. The second kappa shape index (κ2) is 6.84. The molecule has 130 valence electrons. The molecular weight excluding hydrogens is 359 g/mol. The molecule has 4 nitrogen and oxygen atoms in total. The predicted molar refractivity (Wildman–Crippen MR) is 101 cm³/mol. The fraction of sp³-hybridized carbons (Fsp3) is 0.333. The average Bonchev–Trinajstić information content (AvgIpc) is 3.05. The van der Waals surface area contributed by atoms with Crippen molar-refractivity contribution in [3.8, 4) is 0 Å². The third-order valence-electron chi connectivity index (χ3n) is 4.80. The quantitative estimate of drug-likeness (QED) is 0.652. The molecule has 0 aliphatic heterocycles. The van der Waals surface area contributed by atoms with Gasteiger partial charge in [-0.15, -0.1) is 11.8 Å². The summed E-state index contributed by atoms with van der Waals surface area (Å²) >= 11 is 7.58. The van der Waals surface area contributed by atoms with Crippen LogP contribution in [0.1, 0.15) is 12.8 Å². The molecule has 3 aromatic rings. The van der Waals surface area contributed by atoms with E-state index in [1.54, 1.807) is 30.2 Å². The zero-order valence-electron chi connectivity index (χ0n) is 13.7. The summed E-state index contributed by atoms with van der Waals surface area (Å²) in [5, 5.41) is 1.25. The van der Waals surface area contributed by atoms with E-state index in [2.05, 4.69) is 26.9 Å². The van der Waals surface area contributed by atoms with E-state index < -0.39 is 0 Å². The van der Waals surface area contributed by atoms with Crippen molar-refractivity contribution in [1.82, 2.24) is 15.0 Å². The summed E-state index contributed by atoms with van der Waals surface area (Å²) < 4.78 is 13.2. The first-order valence-corrected chi connectivity index (χ1v) is 9.57. The van der Waals surface area contributed by atoms with Gasteiger partial charge in [0.05, 0.1) is 10.4 Å². The number of hydrogen-bond donors (Lipinski definition) is 1.